The van der Waals surface area contributed by atoms with Crippen molar-refractivity contribution in [3.05, 3.63) is 108 Å². The summed E-state index contributed by atoms with van der Waals surface area (Å²) in [6.45, 7) is 9.52. The Morgan fingerprint density at radius 2 is 1.33 bits per heavy atom. The zero-order valence-corrected chi connectivity index (χ0v) is 26.8. The standard InChI is InChI=1S/C33H40N2O6S2/c1-32(2)26-16-10-12-18-28(26)34(22-14-24-42(36,37)38)30(32)20-8-6-5-7-9-21-31-33(3,4)27-17-11-13-19-29(27)35(31)23-15-25-43(39,40)41/h5-13,16-21H,14-15,22-25H2,1-4H3,(H-,36,37,38,39,40,41)/p+1. The number of para-hydroxylation sites is 2. The number of anilines is 1. The number of benzene rings is 2. The molecule has 0 spiro atoms. The first-order chi connectivity index (χ1) is 20.1. The summed E-state index contributed by atoms with van der Waals surface area (Å²) in [5.41, 5.74) is 5.95. The summed E-state index contributed by atoms with van der Waals surface area (Å²) in [5, 5.41) is 0. The summed E-state index contributed by atoms with van der Waals surface area (Å²) < 4.78 is 65.7. The average Bonchev–Trinajstić information content (AvgIpc) is 3.26. The maximum absolute atomic E-state index is 11.3. The molecule has 0 aromatic heterocycles. The van der Waals surface area contributed by atoms with Crippen LogP contribution >= 0.6 is 0 Å². The fourth-order valence-corrected chi connectivity index (χ4v) is 7.05. The summed E-state index contributed by atoms with van der Waals surface area (Å²) in [6, 6.07) is 16.2. The Balaban J connectivity index is 1.52. The summed E-state index contributed by atoms with van der Waals surface area (Å²) in [4.78, 5) is 2.13. The van der Waals surface area contributed by atoms with Crippen molar-refractivity contribution in [1.29, 1.82) is 0 Å². The van der Waals surface area contributed by atoms with Crippen molar-refractivity contribution in [2.24, 2.45) is 0 Å². The van der Waals surface area contributed by atoms with Gasteiger partial charge in [0.25, 0.3) is 20.2 Å². The summed E-state index contributed by atoms with van der Waals surface area (Å²) in [5.74, 6) is -0.577. The van der Waals surface area contributed by atoms with E-state index in [0.717, 1.165) is 22.8 Å². The lowest BCUT2D eigenvalue weighted by Gasteiger charge is -2.27. The zero-order valence-electron chi connectivity index (χ0n) is 25.1. The second-order valence-corrected chi connectivity index (χ2v) is 15.1. The Kier molecular flexibility index (Phi) is 9.66. The lowest BCUT2D eigenvalue weighted by atomic mass is 9.81. The fourth-order valence-electron chi connectivity index (χ4n) is 6.06. The number of allylic oxidation sites excluding steroid dienone is 8. The third kappa shape index (κ3) is 7.62. The molecule has 230 valence electrons. The van der Waals surface area contributed by atoms with Gasteiger partial charge in [-0.05, 0) is 38.0 Å². The largest absolute Gasteiger partial charge is 0.344 e. The van der Waals surface area contributed by atoms with Gasteiger partial charge in [0.05, 0.1) is 16.9 Å². The first-order valence-corrected chi connectivity index (χ1v) is 17.6. The number of fused-ring (bicyclic) bond motifs is 2. The van der Waals surface area contributed by atoms with Gasteiger partial charge in [-0.1, -0.05) is 80.6 Å². The van der Waals surface area contributed by atoms with E-state index in [1.807, 2.05) is 78.9 Å². The topological polar surface area (TPSA) is 115 Å². The Morgan fingerprint density at radius 1 is 0.744 bits per heavy atom. The Morgan fingerprint density at radius 3 is 2.02 bits per heavy atom. The minimum atomic E-state index is -4.03. The molecule has 0 unspecified atom stereocenters. The summed E-state index contributed by atoms with van der Waals surface area (Å²) in [7, 11) is -8.05. The lowest BCUT2D eigenvalue weighted by molar-refractivity contribution is -0.437. The molecule has 2 heterocycles. The van der Waals surface area contributed by atoms with E-state index in [-0.39, 0.29) is 22.3 Å². The van der Waals surface area contributed by atoms with Crippen LogP contribution in [0.25, 0.3) is 0 Å². The van der Waals surface area contributed by atoms with Gasteiger partial charge in [0.15, 0.2) is 5.71 Å². The molecule has 4 rings (SSSR count). The molecule has 0 radical (unpaired) electrons. The molecular formula is C33H41N2O6S2+. The van der Waals surface area contributed by atoms with Gasteiger partial charge in [-0.2, -0.15) is 21.4 Å². The molecule has 2 N–H and O–H groups in total. The van der Waals surface area contributed by atoms with E-state index < -0.39 is 20.2 Å². The predicted octanol–water partition coefficient (Wildman–Crippen LogP) is 5.97. The number of nitrogens with zero attached hydrogens (tertiary/aromatic N) is 2. The van der Waals surface area contributed by atoms with Crippen LogP contribution in [0.15, 0.2) is 96.8 Å². The van der Waals surface area contributed by atoms with Crippen LogP contribution in [0, 0.1) is 0 Å². The highest BCUT2D eigenvalue weighted by molar-refractivity contribution is 7.86. The molecule has 2 aliphatic heterocycles. The van der Waals surface area contributed by atoms with Gasteiger partial charge in [-0.25, -0.2) is 0 Å². The second kappa shape index (κ2) is 12.7. The number of rotatable bonds is 12. The van der Waals surface area contributed by atoms with Gasteiger partial charge in [0.1, 0.15) is 6.54 Å². The SMILES string of the molecule is CC1(C)C(/C=C/C=C/C=C/C=C2/N(CCCS(=O)(=O)O)c3ccccc3C2(C)C)=[N+](CCCS(=O)(=O)O)c2ccccc21. The smallest absolute Gasteiger partial charge is 0.265 e. The van der Waals surface area contributed by atoms with Gasteiger partial charge in [0, 0.05) is 47.5 Å². The predicted molar refractivity (Wildman–Crippen MR) is 174 cm³/mol. The molecule has 2 aromatic rings. The van der Waals surface area contributed by atoms with E-state index in [2.05, 4.69) is 49.3 Å². The second-order valence-electron chi connectivity index (χ2n) is 11.9. The van der Waals surface area contributed by atoms with Crippen molar-refractivity contribution < 1.29 is 30.5 Å². The third-order valence-corrected chi connectivity index (χ3v) is 9.73. The van der Waals surface area contributed by atoms with E-state index in [9.17, 15) is 25.9 Å². The molecule has 0 saturated heterocycles. The van der Waals surface area contributed by atoms with E-state index in [1.165, 1.54) is 11.1 Å². The van der Waals surface area contributed by atoms with Crippen molar-refractivity contribution in [3.63, 3.8) is 0 Å². The Labute approximate surface area is 256 Å². The van der Waals surface area contributed by atoms with Crippen LogP contribution in [0.1, 0.15) is 51.7 Å². The monoisotopic (exact) mass is 625 g/mol. The molecule has 8 nitrogen and oxygen atoms in total. The molecule has 2 aliphatic rings. The molecule has 10 heteroatoms. The van der Waals surface area contributed by atoms with E-state index in [1.54, 1.807) is 0 Å². The van der Waals surface area contributed by atoms with Gasteiger partial charge in [-0.15, -0.1) is 0 Å². The number of hydrogen-bond acceptors (Lipinski definition) is 5. The van der Waals surface area contributed by atoms with Gasteiger partial charge >= 0.3 is 0 Å². The van der Waals surface area contributed by atoms with Crippen LogP contribution in [0.5, 0.6) is 0 Å². The quantitative estimate of drug-likeness (QED) is 0.170. The van der Waals surface area contributed by atoms with Gasteiger partial charge in [-0.3, -0.25) is 9.11 Å². The van der Waals surface area contributed by atoms with Crippen LogP contribution in [-0.4, -0.2) is 60.8 Å². The van der Waals surface area contributed by atoms with Crippen LogP contribution in [0.4, 0.5) is 11.4 Å². The van der Waals surface area contributed by atoms with Crippen LogP contribution in [-0.2, 0) is 31.1 Å². The van der Waals surface area contributed by atoms with Crippen LogP contribution in [0.2, 0.25) is 0 Å². The molecule has 0 aliphatic carbocycles. The van der Waals surface area contributed by atoms with Gasteiger partial charge in [0.2, 0.25) is 5.69 Å². The normalized spacial score (nSPS) is 18.9. The first kappa shape index (κ1) is 32.6. The molecule has 0 bridgehead atoms. The number of hydrogen-bond donors (Lipinski definition) is 2. The molecule has 2 aromatic carbocycles. The van der Waals surface area contributed by atoms with Crippen molar-refractivity contribution in [1.82, 2.24) is 0 Å². The van der Waals surface area contributed by atoms with Crippen molar-refractivity contribution in [2.75, 3.05) is 29.5 Å². The first-order valence-electron chi connectivity index (χ1n) is 14.4. The average molecular weight is 626 g/mol. The fraction of sp³-hybridized carbons (Fsp3) is 0.364. The zero-order chi connectivity index (χ0) is 31.5. The minimum absolute atomic E-state index is 0.277. The van der Waals surface area contributed by atoms with Crippen molar-refractivity contribution in [2.45, 2.75) is 51.4 Å². The van der Waals surface area contributed by atoms with E-state index in [0.29, 0.717) is 25.9 Å². The van der Waals surface area contributed by atoms with Crippen LogP contribution < -0.4 is 4.90 Å². The minimum Gasteiger partial charge on any atom is -0.344 e. The van der Waals surface area contributed by atoms with E-state index >= 15 is 0 Å². The summed E-state index contributed by atoms with van der Waals surface area (Å²) in [6.07, 6.45) is 14.4. The highest BCUT2D eigenvalue weighted by Gasteiger charge is 2.44. The van der Waals surface area contributed by atoms with Crippen LogP contribution in [0.3, 0.4) is 0 Å². The summed E-state index contributed by atoms with van der Waals surface area (Å²) >= 11 is 0. The van der Waals surface area contributed by atoms with Crippen molar-refractivity contribution >= 4 is 37.3 Å². The van der Waals surface area contributed by atoms with Crippen molar-refractivity contribution in [3.8, 4) is 0 Å². The molecule has 0 amide bonds. The molecule has 43 heavy (non-hydrogen) atoms. The third-order valence-electron chi connectivity index (χ3n) is 8.12. The lowest BCUT2D eigenvalue weighted by Crippen LogP contribution is -2.28. The van der Waals surface area contributed by atoms with E-state index in [4.69, 9.17) is 0 Å². The maximum Gasteiger partial charge on any atom is 0.265 e. The molecular weight excluding hydrogens is 585 g/mol. The Bertz CT molecular complexity index is 1730. The molecule has 0 fully saturated rings. The highest BCUT2D eigenvalue weighted by atomic mass is 32.2. The Hall–Kier alpha value is -3.31. The molecule has 0 atom stereocenters. The molecule has 0 saturated carbocycles. The maximum atomic E-state index is 11.3. The van der Waals surface area contributed by atoms with Gasteiger partial charge < -0.3 is 4.90 Å². The highest BCUT2D eigenvalue weighted by Crippen LogP contribution is 2.47.